The molecule has 3 aromatic rings. The number of aromatic nitrogens is 1. The molecule has 3 rings (SSSR count). The highest BCUT2D eigenvalue weighted by Gasteiger charge is 2.20. The summed E-state index contributed by atoms with van der Waals surface area (Å²) >= 11 is 0. The molecule has 0 atom stereocenters. The SMILES string of the molecule is O=C=Nc1ccc(C(c2ccc(N=C=O)cc2)c2ncco2)cc1. The minimum atomic E-state index is -0.233. The second-order valence-electron chi connectivity index (χ2n) is 4.89. The summed E-state index contributed by atoms with van der Waals surface area (Å²) in [7, 11) is 0. The van der Waals surface area contributed by atoms with Crippen molar-refractivity contribution < 1.29 is 14.0 Å². The third-order valence-corrected chi connectivity index (χ3v) is 3.50. The van der Waals surface area contributed by atoms with Gasteiger partial charge in [-0.15, -0.1) is 0 Å². The molecule has 0 bridgehead atoms. The Kier molecular flexibility index (Phi) is 4.54. The Bertz CT molecular complexity index is 842. The Morgan fingerprint density at radius 3 is 1.71 bits per heavy atom. The van der Waals surface area contributed by atoms with Crippen LogP contribution in [0.4, 0.5) is 11.4 Å². The predicted molar refractivity (Wildman–Crippen MR) is 85.9 cm³/mol. The van der Waals surface area contributed by atoms with Crippen LogP contribution in [0.1, 0.15) is 22.9 Å². The summed E-state index contributed by atoms with van der Waals surface area (Å²) in [6, 6.07) is 14.3. The predicted octanol–water partition coefficient (Wildman–Crippen LogP) is 3.79. The number of rotatable bonds is 5. The number of isocyanates is 2. The lowest BCUT2D eigenvalue weighted by molar-refractivity contribution is 0.488. The summed E-state index contributed by atoms with van der Waals surface area (Å²) in [6.07, 6.45) is 6.12. The van der Waals surface area contributed by atoms with Crippen molar-refractivity contribution in [3.8, 4) is 0 Å². The van der Waals surface area contributed by atoms with Crippen molar-refractivity contribution in [3.63, 3.8) is 0 Å². The summed E-state index contributed by atoms with van der Waals surface area (Å²) in [5.41, 5.74) is 2.90. The van der Waals surface area contributed by atoms with Gasteiger partial charge >= 0.3 is 0 Å². The summed E-state index contributed by atoms with van der Waals surface area (Å²) in [5, 5.41) is 0. The average molecular weight is 317 g/mol. The Labute approximate surface area is 137 Å². The van der Waals surface area contributed by atoms with Crippen molar-refractivity contribution in [3.05, 3.63) is 78.0 Å². The molecule has 1 aromatic heterocycles. The van der Waals surface area contributed by atoms with Crippen LogP contribution < -0.4 is 0 Å². The molecule has 0 saturated heterocycles. The first-order valence-corrected chi connectivity index (χ1v) is 7.07. The lowest BCUT2D eigenvalue weighted by Crippen LogP contribution is -2.03. The third kappa shape index (κ3) is 3.25. The topological polar surface area (TPSA) is 84.9 Å². The molecule has 0 saturated carbocycles. The number of hydrogen-bond donors (Lipinski definition) is 0. The summed E-state index contributed by atoms with van der Waals surface area (Å²) in [6.45, 7) is 0. The number of benzene rings is 2. The molecule has 116 valence electrons. The van der Waals surface area contributed by atoms with E-state index in [9.17, 15) is 9.59 Å². The zero-order chi connectivity index (χ0) is 16.8. The maximum absolute atomic E-state index is 10.3. The number of oxazole rings is 1. The van der Waals surface area contributed by atoms with Crippen LogP contribution in [0.15, 0.2) is 75.4 Å². The molecular weight excluding hydrogens is 306 g/mol. The van der Waals surface area contributed by atoms with Crippen LogP contribution >= 0.6 is 0 Å². The number of carbonyl (C=O) groups excluding carboxylic acids is 2. The van der Waals surface area contributed by atoms with Gasteiger partial charge in [0, 0.05) is 0 Å². The maximum Gasteiger partial charge on any atom is 0.240 e. The first kappa shape index (κ1) is 15.3. The van der Waals surface area contributed by atoms with Gasteiger partial charge in [-0.2, -0.15) is 9.98 Å². The van der Waals surface area contributed by atoms with E-state index in [1.807, 2.05) is 24.3 Å². The van der Waals surface area contributed by atoms with Crippen LogP contribution in [-0.4, -0.2) is 17.1 Å². The Morgan fingerprint density at radius 2 is 1.33 bits per heavy atom. The zero-order valence-electron chi connectivity index (χ0n) is 12.4. The van der Waals surface area contributed by atoms with Crippen molar-refractivity contribution in [1.82, 2.24) is 4.98 Å². The average Bonchev–Trinajstić information content (AvgIpc) is 3.13. The normalized spacial score (nSPS) is 11.2. The van der Waals surface area contributed by atoms with Gasteiger partial charge in [0.2, 0.25) is 18.1 Å². The van der Waals surface area contributed by atoms with E-state index in [2.05, 4.69) is 15.0 Å². The van der Waals surface area contributed by atoms with Crippen LogP contribution in [-0.2, 0) is 9.59 Å². The van der Waals surface area contributed by atoms with E-state index in [-0.39, 0.29) is 5.92 Å². The van der Waals surface area contributed by atoms with Crippen molar-refractivity contribution in [2.75, 3.05) is 0 Å². The first-order valence-electron chi connectivity index (χ1n) is 7.07. The Hall–Kier alpha value is -3.59. The van der Waals surface area contributed by atoms with Gasteiger partial charge in [-0.1, -0.05) is 24.3 Å². The molecule has 0 radical (unpaired) electrons. The molecule has 24 heavy (non-hydrogen) atoms. The van der Waals surface area contributed by atoms with E-state index in [1.165, 1.54) is 18.4 Å². The smallest absolute Gasteiger partial charge is 0.240 e. The van der Waals surface area contributed by atoms with Crippen LogP contribution in [0.3, 0.4) is 0 Å². The van der Waals surface area contributed by atoms with Crippen LogP contribution in [0.2, 0.25) is 0 Å². The second kappa shape index (κ2) is 7.11. The van der Waals surface area contributed by atoms with Gasteiger partial charge in [-0.05, 0) is 35.4 Å². The molecule has 0 N–H and O–H groups in total. The molecule has 0 spiro atoms. The quantitative estimate of drug-likeness (QED) is 0.529. The third-order valence-electron chi connectivity index (χ3n) is 3.50. The molecule has 6 heteroatoms. The molecule has 0 aliphatic carbocycles. The van der Waals surface area contributed by atoms with Crippen LogP contribution in [0.5, 0.6) is 0 Å². The fourth-order valence-corrected chi connectivity index (χ4v) is 2.44. The molecule has 2 aromatic carbocycles. The minimum Gasteiger partial charge on any atom is -0.448 e. The van der Waals surface area contributed by atoms with Gasteiger partial charge in [-0.25, -0.2) is 14.6 Å². The summed E-state index contributed by atoms with van der Waals surface area (Å²) < 4.78 is 5.48. The number of nitrogens with zero attached hydrogens (tertiary/aromatic N) is 3. The lowest BCUT2D eigenvalue weighted by Gasteiger charge is -2.15. The summed E-state index contributed by atoms with van der Waals surface area (Å²) in [5.74, 6) is 0.303. The van der Waals surface area contributed by atoms with Gasteiger partial charge < -0.3 is 4.42 Å². The highest BCUT2D eigenvalue weighted by atomic mass is 16.3. The molecule has 0 unspecified atom stereocenters. The minimum absolute atomic E-state index is 0.233. The zero-order valence-corrected chi connectivity index (χ0v) is 12.4. The first-order chi connectivity index (χ1) is 11.8. The van der Waals surface area contributed by atoms with E-state index < -0.39 is 0 Å². The number of aliphatic imine (C=N–C) groups is 2. The van der Waals surface area contributed by atoms with E-state index in [0.717, 1.165) is 11.1 Å². The Balaban J connectivity index is 2.03. The fraction of sp³-hybridized carbons (Fsp3) is 0.0556. The molecule has 0 aliphatic heterocycles. The molecule has 0 aliphatic rings. The highest BCUT2D eigenvalue weighted by Crippen LogP contribution is 2.32. The van der Waals surface area contributed by atoms with Crippen molar-refractivity contribution in [2.45, 2.75) is 5.92 Å². The highest BCUT2D eigenvalue weighted by molar-refractivity contribution is 5.53. The van der Waals surface area contributed by atoms with E-state index in [0.29, 0.717) is 17.3 Å². The van der Waals surface area contributed by atoms with Crippen molar-refractivity contribution >= 4 is 23.5 Å². The van der Waals surface area contributed by atoms with Gasteiger partial charge in [0.25, 0.3) is 0 Å². The standard InChI is InChI=1S/C18H11N3O3/c22-11-20-15-5-1-13(2-6-15)17(18-19-9-10-24-18)14-3-7-16(8-4-14)21-12-23/h1-10,17H. The van der Waals surface area contributed by atoms with Gasteiger partial charge in [0.1, 0.15) is 6.26 Å². The molecule has 6 nitrogen and oxygen atoms in total. The maximum atomic E-state index is 10.3. The largest absolute Gasteiger partial charge is 0.448 e. The van der Waals surface area contributed by atoms with Crippen molar-refractivity contribution in [2.24, 2.45) is 9.98 Å². The molecule has 0 amide bonds. The van der Waals surface area contributed by atoms with E-state index in [1.54, 1.807) is 30.5 Å². The van der Waals surface area contributed by atoms with Gasteiger partial charge in [-0.3, -0.25) is 0 Å². The van der Waals surface area contributed by atoms with E-state index >= 15 is 0 Å². The molecule has 1 heterocycles. The van der Waals surface area contributed by atoms with E-state index in [4.69, 9.17) is 4.42 Å². The lowest BCUT2D eigenvalue weighted by atomic mass is 9.91. The Morgan fingerprint density at radius 1 is 0.833 bits per heavy atom. The fourth-order valence-electron chi connectivity index (χ4n) is 2.44. The monoisotopic (exact) mass is 317 g/mol. The van der Waals surface area contributed by atoms with Crippen LogP contribution in [0.25, 0.3) is 0 Å². The van der Waals surface area contributed by atoms with Gasteiger partial charge in [0.15, 0.2) is 0 Å². The number of hydrogen-bond acceptors (Lipinski definition) is 6. The van der Waals surface area contributed by atoms with Crippen LogP contribution in [0, 0.1) is 0 Å². The summed E-state index contributed by atoms with van der Waals surface area (Å²) in [4.78, 5) is 32.1. The van der Waals surface area contributed by atoms with Gasteiger partial charge in [0.05, 0.1) is 23.5 Å². The molecule has 0 fully saturated rings. The van der Waals surface area contributed by atoms with Crippen molar-refractivity contribution in [1.29, 1.82) is 0 Å². The molecular formula is C18H11N3O3. The second-order valence-corrected chi connectivity index (χ2v) is 4.89.